The van der Waals surface area contributed by atoms with Gasteiger partial charge in [-0.1, -0.05) is 0 Å². The van der Waals surface area contributed by atoms with Crippen molar-refractivity contribution in [1.29, 1.82) is 0 Å². The number of methoxy groups -OCH3 is 2. The number of nitrogens with zero attached hydrogens (tertiary/aromatic N) is 2. The van der Waals surface area contributed by atoms with Crippen molar-refractivity contribution in [1.82, 2.24) is 15.3 Å². The largest absolute Gasteiger partial charge is 0.497 e. The summed E-state index contributed by atoms with van der Waals surface area (Å²) in [5, 5.41) is 2.90. The third-order valence-electron chi connectivity index (χ3n) is 4.76. The summed E-state index contributed by atoms with van der Waals surface area (Å²) in [5.41, 5.74) is 3.83. The highest BCUT2D eigenvalue weighted by Crippen LogP contribution is 2.25. The number of hydrogen-bond acceptors (Lipinski definition) is 6. The van der Waals surface area contributed by atoms with Gasteiger partial charge in [0.1, 0.15) is 22.9 Å². The van der Waals surface area contributed by atoms with E-state index in [0.717, 1.165) is 22.4 Å². The molecule has 0 aliphatic heterocycles. The van der Waals surface area contributed by atoms with Gasteiger partial charge in [-0.3, -0.25) is 9.78 Å². The number of carbonyl (C=O) groups excluding carboxylic acids is 1. The van der Waals surface area contributed by atoms with Crippen LogP contribution in [0.1, 0.15) is 28.5 Å². The quantitative estimate of drug-likeness (QED) is 0.565. The predicted molar refractivity (Wildman–Crippen MR) is 119 cm³/mol. The Labute approximate surface area is 182 Å². The molecule has 1 amide bonds. The number of rotatable bonds is 9. The maximum atomic E-state index is 12.6. The lowest BCUT2D eigenvalue weighted by molar-refractivity contribution is 0.0949. The zero-order chi connectivity index (χ0) is 22.2. The van der Waals surface area contributed by atoms with Gasteiger partial charge in [-0.05, 0) is 61.7 Å². The summed E-state index contributed by atoms with van der Waals surface area (Å²) in [6.45, 7) is 4.98. The van der Waals surface area contributed by atoms with Gasteiger partial charge in [-0.25, -0.2) is 4.98 Å². The molecule has 3 aromatic rings. The molecule has 3 rings (SSSR count). The van der Waals surface area contributed by atoms with Gasteiger partial charge in [0.15, 0.2) is 0 Å². The van der Waals surface area contributed by atoms with Gasteiger partial charge in [0.05, 0.1) is 38.9 Å². The highest BCUT2D eigenvalue weighted by Gasteiger charge is 2.12. The van der Waals surface area contributed by atoms with Crippen LogP contribution in [-0.4, -0.2) is 43.2 Å². The SMILES string of the molecule is CCOc1ccc(-c2cncc(C(=O)NCCc3cc(OC)cc(OC)c3)n2)c(C)c1. The lowest BCUT2D eigenvalue weighted by Gasteiger charge is -2.10. The Kier molecular flexibility index (Phi) is 7.43. The van der Waals surface area contributed by atoms with Gasteiger partial charge in [0.25, 0.3) is 5.91 Å². The molecule has 0 radical (unpaired) electrons. The van der Waals surface area contributed by atoms with E-state index >= 15 is 0 Å². The van der Waals surface area contributed by atoms with Crippen LogP contribution < -0.4 is 19.5 Å². The van der Waals surface area contributed by atoms with Crippen molar-refractivity contribution >= 4 is 5.91 Å². The summed E-state index contributed by atoms with van der Waals surface area (Å²) >= 11 is 0. The van der Waals surface area contributed by atoms with E-state index in [1.54, 1.807) is 20.4 Å². The molecule has 0 atom stereocenters. The van der Waals surface area contributed by atoms with Crippen LogP contribution in [0.15, 0.2) is 48.8 Å². The minimum atomic E-state index is -0.271. The molecule has 0 aliphatic rings. The Morgan fingerprint density at radius 1 is 1.00 bits per heavy atom. The summed E-state index contributed by atoms with van der Waals surface area (Å²) in [4.78, 5) is 21.3. The van der Waals surface area contributed by atoms with Crippen LogP contribution in [-0.2, 0) is 6.42 Å². The molecule has 0 fully saturated rings. The maximum absolute atomic E-state index is 12.6. The predicted octanol–water partition coefficient (Wildman–Crippen LogP) is 3.84. The van der Waals surface area contributed by atoms with Crippen LogP contribution in [0.5, 0.6) is 17.2 Å². The van der Waals surface area contributed by atoms with Gasteiger partial charge in [-0.15, -0.1) is 0 Å². The fraction of sp³-hybridized carbons (Fsp3) is 0.292. The summed E-state index contributed by atoms with van der Waals surface area (Å²) < 4.78 is 16.1. The molecule has 1 heterocycles. The monoisotopic (exact) mass is 421 g/mol. The number of amides is 1. The zero-order valence-corrected chi connectivity index (χ0v) is 18.3. The molecular weight excluding hydrogens is 394 g/mol. The molecule has 1 N–H and O–H groups in total. The van der Waals surface area contributed by atoms with Crippen molar-refractivity contribution in [2.75, 3.05) is 27.4 Å². The number of aryl methyl sites for hydroxylation is 1. The van der Waals surface area contributed by atoms with Gasteiger partial charge >= 0.3 is 0 Å². The second-order valence-electron chi connectivity index (χ2n) is 6.93. The molecule has 31 heavy (non-hydrogen) atoms. The standard InChI is InChI=1S/C24H27N3O4/c1-5-31-18-6-7-21(16(2)10-18)22-14-25-15-23(27-22)24(28)26-9-8-17-11-19(29-3)13-20(12-17)30-4/h6-7,10-15H,5,8-9H2,1-4H3,(H,26,28). The third-order valence-corrected chi connectivity index (χ3v) is 4.76. The minimum Gasteiger partial charge on any atom is -0.497 e. The normalized spacial score (nSPS) is 10.5. The highest BCUT2D eigenvalue weighted by molar-refractivity contribution is 5.92. The van der Waals surface area contributed by atoms with Crippen LogP contribution in [0.4, 0.5) is 0 Å². The smallest absolute Gasteiger partial charge is 0.271 e. The number of nitrogens with one attached hydrogen (secondary N) is 1. The zero-order valence-electron chi connectivity index (χ0n) is 18.3. The molecule has 0 saturated heterocycles. The molecule has 162 valence electrons. The Morgan fingerprint density at radius 2 is 1.74 bits per heavy atom. The molecular formula is C24H27N3O4. The molecule has 7 nitrogen and oxygen atoms in total. The molecule has 0 bridgehead atoms. The number of benzene rings is 2. The van der Waals surface area contributed by atoms with E-state index in [-0.39, 0.29) is 11.6 Å². The van der Waals surface area contributed by atoms with Gasteiger partial charge in [0.2, 0.25) is 0 Å². The van der Waals surface area contributed by atoms with Crippen LogP contribution in [0.25, 0.3) is 11.3 Å². The molecule has 0 saturated carbocycles. The van der Waals surface area contributed by atoms with Crippen LogP contribution in [0.2, 0.25) is 0 Å². The average molecular weight is 421 g/mol. The second kappa shape index (κ2) is 10.4. The molecule has 7 heteroatoms. The highest BCUT2D eigenvalue weighted by atomic mass is 16.5. The van der Waals surface area contributed by atoms with Gasteiger partial charge in [-0.2, -0.15) is 0 Å². The van der Waals surface area contributed by atoms with E-state index in [1.165, 1.54) is 6.20 Å². The summed E-state index contributed by atoms with van der Waals surface area (Å²) in [5.74, 6) is 1.96. The van der Waals surface area contributed by atoms with E-state index in [9.17, 15) is 4.79 Å². The first kappa shape index (κ1) is 22.1. The lowest BCUT2D eigenvalue weighted by atomic mass is 10.1. The number of aromatic nitrogens is 2. The molecule has 0 aliphatic carbocycles. The van der Waals surface area contributed by atoms with Crippen molar-refractivity contribution in [2.45, 2.75) is 20.3 Å². The van der Waals surface area contributed by atoms with Crippen molar-refractivity contribution in [3.8, 4) is 28.5 Å². The first-order chi connectivity index (χ1) is 15.0. The van der Waals surface area contributed by atoms with Crippen molar-refractivity contribution < 1.29 is 19.0 Å². The second-order valence-corrected chi connectivity index (χ2v) is 6.93. The fourth-order valence-electron chi connectivity index (χ4n) is 3.21. The number of ether oxygens (including phenoxy) is 3. The molecule has 0 unspecified atom stereocenters. The Morgan fingerprint density at radius 3 is 2.39 bits per heavy atom. The molecule has 0 spiro atoms. The topological polar surface area (TPSA) is 82.6 Å². The van der Waals surface area contributed by atoms with E-state index in [4.69, 9.17) is 14.2 Å². The fourth-order valence-corrected chi connectivity index (χ4v) is 3.21. The Balaban J connectivity index is 1.67. The Bertz CT molecular complexity index is 1030. The maximum Gasteiger partial charge on any atom is 0.271 e. The van der Waals surface area contributed by atoms with Gasteiger partial charge < -0.3 is 19.5 Å². The summed E-state index contributed by atoms with van der Waals surface area (Å²) in [6.07, 6.45) is 3.75. The van der Waals surface area contributed by atoms with Crippen molar-refractivity contribution in [3.05, 3.63) is 65.6 Å². The lowest BCUT2D eigenvalue weighted by Crippen LogP contribution is -2.26. The molecule has 1 aromatic heterocycles. The van der Waals surface area contributed by atoms with Crippen LogP contribution in [0.3, 0.4) is 0 Å². The summed E-state index contributed by atoms with van der Waals surface area (Å²) in [7, 11) is 3.22. The van der Waals surface area contributed by atoms with Crippen molar-refractivity contribution in [2.24, 2.45) is 0 Å². The summed E-state index contributed by atoms with van der Waals surface area (Å²) in [6, 6.07) is 11.4. The molecule has 2 aromatic carbocycles. The average Bonchev–Trinajstić information content (AvgIpc) is 2.79. The van der Waals surface area contributed by atoms with E-state index in [0.29, 0.717) is 36.8 Å². The third kappa shape index (κ3) is 5.72. The Hall–Kier alpha value is -3.61. The minimum absolute atomic E-state index is 0.271. The van der Waals surface area contributed by atoms with Gasteiger partial charge in [0, 0.05) is 18.2 Å². The van der Waals surface area contributed by atoms with Crippen LogP contribution >= 0.6 is 0 Å². The first-order valence-corrected chi connectivity index (χ1v) is 10.1. The van der Waals surface area contributed by atoms with E-state index in [2.05, 4.69) is 15.3 Å². The van der Waals surface area contributed by atoms with E-state index in [1.807, 2.05) is 50.2 Å². The van der Waals surface area contributed by atoms with Crippen LogP contribution in [0, 0.1) is 6.92 Å². The first-order valence-electron chi connectivity index (χ1n) is 10.1. The number of hydrogen-bond donors (Lipinski definition) is 1. The van der Waals surface area contributed by atoms with E-state index < -0.39 is 0 Å². The van der Waals surface area contributed by atoms with Crippen molar-refractivity contribution in [3.63, 3.8) is 0 Å². The number of carbonyl (C=O) groups is 1.